The van der Waals surface area contributed by atoms with E-state index in [2.05, 4.69) is 15.3 Å². The quantitative estimate of drug-likeness (QED) is 0.738. The lowest BCUT2D eigenvalue weighted by atomic mass is 10.2. The number of ether oxygens (including phenoxy) is 1. The molecule has 0 fully saturated rings. The molecule has 2 heterocycles. The van der Waals surface area contributed by atoms with Gasteiger partial charge in [-0.3, -0.25) is 0 Å². The van der Waals surface area contributed by atoms with Crippen LogP contribution in [0.3, 0.4) is 0 Å². The Morgan fingerprint density at radius 3 is 2.76 bits per heavy atom. The van der Waals surface area contributed by atoms with Gasteiger partial charge in [0, 0.05) is 13.1 Å². The van der Waals surface area contributed by atoms with Gasteiger partial charge in [-0.25, -0.2) is 19.2 Å². The highest BCUT2D eigenvalue weighted by Gasteiger charge is 2.17. The number of anilines is 2. The lowest BCUT2D eigenvalue weighted by Crippen LogP contribution is -2.09. The number of nitrogens with zero attached hydrogens (tertiary/aromatic N) is 3. The first-order valence-electron chi connectivity index (χ1n) is 7.63. The number of aromatic carboxylic acids is 1. The standard InChI is InChI=1S/C17H17FN4O3/c1-9(2)25-14-6-10(18)4-5-11(14)21-16-15-12(19-8-20-16)7-13(17(23)24)22(15)3/h4-9H,1-3H3,(H,23,24)(H,19,20,21). The summed E-state index contributed by atoms with van der Waals surface area (Å²) in [6, 6.07) is 5.61. The van der Waals surface area contributed by atoms with Crippen molar-refractivity contribution in [3.63, 3.8) is 0 Å². The van der Waals surface area contributed by atoms with E-state index in [0.717, 1.165) is 0 Å². The second kappa shape index (κ2) is 6.39. The maximum atomic E-state index is 13.5. The summed E-state index contributed by atoms with van der Waals surface area (Å²) in [5.41, 5.74) is 1.63. The minimum atomic E-state index is -1.06. The fourth-order valence-electron chi connectivity index (χ4n) is 2.55. The number of hydrogen-bond acceptors (Lipinski definition) is 5. The molecule has 0 radical (unpaired) electrons. The Balaban J connectivity index is 2.08. The summed E-state index contributed by atoms with van der Waals surface area (Å²) in [6.07, 6.45) is 1.20. The third-order valence-electron chi connectivity index (χ3n) is 3.60. The van der Waals surface area contributed by atoms with Crippen LogP contribution in [-0.2, 0) is 7.05 Å². The van der Waals surface area contributed by atoms with E-state index in [4.69, 9.17) is 4.74 Å². The largest absolute Gasteiger partial charge is 0.489 e. The Bertz CT molecular complexity index is 952. The molecule has 0 atom stereocenters. The van der Waals surface area contributed by atoms with E-state index in [-0.39, 0.29) is 11.8 Å². The first-order valence-corrected chi connectivity index (χ1v) is 7.63. The molecule has 0 saturated heterocycles. The van der Waals surface area contributed by atoms with Crippen molar-refractivity contribution in [2.75, 3.05) is 5.32 Å². The first kappa shape index (κ1) is 16.7. The van der Waals surface area contributed by atoms with E-state index in [0.29, 0.717) is 28.3 Å². The van der Waals surface area contributed by atoms with Crippen molar-refractivity contribution in [1.82, 2.24) is 14.5 Å². The third kappa shape index (κ3) is 3.23. The number of rotatable bonds is 5. The molecule has 25 heavy (non-hydrogen) atoms. The third-order valence-corrected chi connectivity index (χ3v) is 3.60. The maximum absolute atomic E-state index is 13.5. The number of carboxylic acids is 1. The second-order valence-corrected chi connectivity index (χ2v) is 5.78. The average Bonchev–Trinajstić information content (AvgIpc) is 2.88. The molecule has 0 spiro atoms. The predicted octanol–water partition coefficient (Wildman–Crippen LogP) is 3.34. The van der Waals surface area contributed by atoms with E-state index in [1.807, 2.05) is 13.8 Å². The Morgan fingerprint density at radius 2 is 2.08 bits per heavy atom. The molecule has 0 amide bonds. The summed E-state index contributed by atoms with van der Waals surface area (Å²) < 4.78 is 20.7. The number of nitrogens with one attached hydrogen (secondary N) is 1. The van der Waals surface area contributed by atoms with E-state index in [1.54, 1.807) is 13.1 Å². The molecule has 1 aromatic carbocycles. The monoisotopic (exact) mass is 344 g/mol. The van der Waals surface area contributed by atoms with Gasteiger partial charge >= 0.3 is 5.97 Å². The smallest absolute Gasteiger partial charge is 0.352 e. The lowest BCUT2D eigenvalue weighted by molar-refractivity contribution is 0.0687. The molecule has 0 aliphatic heterocycles. The summed E-state index contributed by atoms with van der Waals surface area (Å²) in [5, 5.41) is 12.4. The molecular weight excluding hydrogens is 327 g/mol. The molecule has 130 valence electrons. The minimum Gasteiger partial charge on any atom is -0.489 e. The number of halogens is 1. The number of fused-ring (bicyclic) bond motifs is 1. The molecule has 3 aromatic rings. The summed E-state index contributed by atoms with van der Waals surface area (Å²) in [5.74, 6) is -0.729. The van der Waals surface area contributed by atoms with E-state index < -0.39 is 11.8 Å². The molecule has 0 aliphatic rings. The zero-order valence-electron chi connectivity index (χ0n) is 13.9. The van der Waals surface area contributed by atoms with Crippen molar-refractivity contribution >= 4 is 28.5 Å². The molecule has 0 aliphatic carbocycles. The van der Waals surface area contributed by atoms with Gasteiger partial charge in [-0.1, -0.05) is 0 Å². The van der Waals surface area contributed by atoms with Crippen LogP contribution in [-0.4, -0.2) is 31.7 Å². The van der Waals surface area contributed by atoms with Crippen molar-refractivity contribution in [3.8, 4) is 5.75 Å². The van der Waals surface area contributed by atoms with Crippen molar-refractivity contribution < 1.29 is 19.0 Å². The Labute approximate surface area is 143 Å². The maximum Gasteiger partial charge on any atom is 0.352 e. The number of carbonyl (C=O) groups is 1. The lowest BCUT2D eigenvalue weighted by Gasteiger charge is -2.16. The second-order valence-electron chi connectivity index (χ2n) is 5.78. The van der Waals surface area contributed by atoms with E-state index in [9.17, 15) is 14.3 Å². The number of aromatic nitrogens is 3. The molecule has 7 nitrogen and oxygen atoms in total. The highest BCUT2D eigenvalue weighted by molar-refractivity contribution is 5.97. The van der Waals surface area contributed by atoms with Crippen molar-refractivity contribution in [2.45, 2.75) is 20.0 Å². The zero-order valence-corrected chi connectivity index (χ0v) is 13.9. The van der Waals surface area contributed by atoms with Crippen LogP contribution in [0.5, 0.6) is 5.75 Å². The molecule has 0 unspecified atom stereocenters. The van der Waals surface area contributed by atoms with E-state index >= 15 is 0 Å². The van der Waals surface area contributed by atoms with Crippen LogP contribution >= 0.6 is 0 Å². The predicted molar refractivity (Wildman–Crippen MR) is 90.9 cm³/mol. The van der Waals surface area contributed by atoms with Crippen molar-refractivity contribution in [2.24, 2.45) is 7.05 Å². The van der Waals surface area contributed by atoms with Crippen LogP contribution in [0.15, 0.2) is 30.6 Å². The van der Waals surface area contributed by atoms with E-state index in [1.165, 1.54) is 29.1 Å². The number of hydrogen-bond donors (Lipinski definition) is 2. The minimum absolute atomic E-state index is 0.0938. The van der Waals surface area contributed by atoms with Crippen LogP contribution < -0.4 is 10.1 Å². The van der Waals surface area contributed by atoms with Crippen molar-refractivity contribution in [1.29, 1.82) is 0 Å². The Kier molecular flexibility index (Phi) is 4.26. The highest BCUT2D eigenvalue weighted by Crippen LogP contribution is 2.31. The van der Waals surface area contributed by atoms with Crippen molar-refractivity contribution in [3.05, 3.63) is 42.1 Å². The molecule has 0 saturated carbocycles. The first-order chi connectivity index (χ1) is 11.9. The fourth-order valence-corrected chi connectivity index (χ4v) is 2.55. The Morgan fingerprint density at radius 1 is 1.32 bits per heavy atom. The molecule has 3 rings (SSSR count). The normalized spacial score (nSPS) is 11.1. The fraction of sp³-hybridized carbons (Fsp3) is 0.235. The highest BCUT2D eigenvalue weighted by atomic mass is 19.1. The van der Waals surface area contributed by atoms with Crippen LogP contribution in [0.4, 0.5) is 15.9 Å². The van der Waals surface area contributed by atoms with Gasteiger partial charge in [0.1, 0.15) is 29.1 Å². The van der Waals surface area contributed by atoms with Gasteiger partial charge < -0.3 is 19.7 Å². The van der Waals surface area contributed by atoms with Gasteiger partial charge in [-0.15, -0.1) is 0 Å². The number of benzene rings is 1. The van der Waals surface area contributed by atoms with Gasteiger partial charge in [0.05, 0.1) is 17.3 Å². The molecule has 8 heteroatoms. The molecule has 2 aromatic heterocycles. The average molecular weight is 344 g/mol. The van der Waals surface area contributed by atoms with Crippen LogP contribution in [0.25, 0.3) is 11.0 Å². The van der Waals surface area contributed by atoms with Gasteiger partial charge in [-0.2, -0.15) is 0 Å². The van der Waals surface area contributed by atoms with Gasteiger partial charge in [0.15, 0.2) is 5.82 Å². The Hall–Kier alpha value is -3.16. The van der Waals surface area contributed by atoms with Crippen LogP contribution in [0.1, 0.15) is 24.3 Å². The topological polar surface area (TPSA) is 89.3 Å². The van der Waals surface area contributed by atoms with Gasteiger partial charge in [0.25, 0.3) is 0 Å². The van der Waals surface area contributed by atoms with Crippen LogP contribution in [0.2, 0.25) is 0 Å². The van der Waals surface area contributed by atoms with Gasteiger partial charge in [0.2, 0.25) is 0 Å². The number of aryl methyl sites for hydroxylation is 1. The summed E-state index contributed by atoms with van der Waals surface area (Å²) >= 11 is 0. The molecular formula is C17H17FN4O3. The summed E-state index contributed by atoms with van der Waals surface area (Å²) in [4.78, 5) is 19.6. The van der Waals surface area contributed by atoms with Crippen LogP contribution in [0, 0.1) is 5.82 Å². The molecule has 0 bridgehead atoms. The van der Waals surface area contributed by atoms with Gasteiger partial charge in [-0.05, 0) is 32.0 Å². The SMILES string of the molecule is CC(C)Oc1cc(F)ccc1Nc1ncnc2cc(C(=O)O)n(C)c12. The molecule has 2 N–H and O–H groups in total. The zero-order chi connectivity index (χ0) is 18.1. The summed E-state index contributed by atoms with van der Waals surface area (Å²) in [7, 11) is 1.62. The number of carboxylic acid groups (broad SMARTS) is 1. The summed E-state index contributed by atoms with van der Waals surface area (Å²) in [6.45, 7) is 3.68.